The van der Waals surface area contributed by atoms with Crippen LogP contribution in [0.2, 0.25) is 0 Å². The SMILES string of the molecule is CC1(C)CCC=CC1(c1ccc(O)cc1)c1ccc(O)cc1. The predicted molar refractivity (Wildman–Crippen MR) is 89.1 cm³/mol. The summed E-state index contributed by atoms with van der Waals surface area (Å²) in [5, 5.41) is 19.2. The normalized spacial score (nSPS) is 19.0. The first-order valence-electron chi connectivity index (χ1n) is 7.72. The zero-order valence-electron chi connectivity index (χ0n) is 13.1. The fourth-order valence-electron chi connectivity index (χ4n) is 3.72. The maximum absolute atomic E-state index is 9.62. The summed E-state index contributed by atoms with van der Waals surface area (Å²) in [5.41, 5.74) is 2.11. The van der Waals surface area contributed by atoms with E-state index < -0.39 is 0 Å². The van der Waals surface area contributed by atoms with Gasteiger partial charge in [0.25, 0.3) is 0 Å². The van der Waals surface area contributed by atoms with E-state index in [0.717, 1.165) is 24.0 Å². The van der Waals surface area contributed by atoms with Gasteiger partial charge in [-0.1, -0.05) is 50.3 Å². The van der Waals surface area contributed by atoms with Crippen LogP contribution in [0.4, 0.5) is 0 Å². The van der Waals surface area contributed by atoms with Crippen LogP contribution in [0.1, 0.15) is 37.8 Å². The Hall–Kier alpha value is -2.22. The van der Waals surface area contributed by atoms with Crippen molar-refractivity contribution < 1.29 is 10.2 Å². The Bertz CT molecular complexity index is 633. The third-order valence-electron chi connectivity index (χ3n) is 5.02. The molecule has 2 aromatic carbocycles. The lowest BCUT2D eigenvalue weighted by Gasteiger charge is -2.48. The predicted octanol–water partition coefficient (Wildman–Crippen LogP) is 4.76. The zero-order valence-corrected chi connectivity index (χ0v) is 13.1. The quantitative estimate of drug-likeness (QED) is 0.784. The molecule has 0 unspecified atom stereocenters. The van der Waals surface area contributed by atoms with Crippen molar-refractivity contribution in [1.29, 1.82) is 0 Å². The van der Waals surface area contributed by atoms with E-state index in [1.165, 1.54) is 0 Å². The minimum Gasteiger partial charge on any atom is -0.508 e. The number of phenolic OH excluding ortho intramolecular Hbond substituents is 2. The van der Waals surface area contributed by atoms with E-state index in [1.807, 2.05) is 24.3 Å². The first-order chi connectivity index (χ1) is 10.5. The highest BCUT2D eigenvalue weighted by molar-refractivity contribution is 5.50. The Morgan fingerprint density at radius 1 is 0.773 bits per heavy atom. The van der Waals surface area contributed by atoms with Gasteiger partial charge in [0.1, 0.15) is 11.5 Å². The van der Waals surface area contributed by atoms with E-state index in [1.54, 1.807) is 24.3 Å². The Kier molecular flexibility index (Phi) is 3.48. The largest absolute Gasteiger partial charge is 0.508 e. The van der Waals surface area contributed by atoms with Crippen molar-refractivity contribution in [3.05, 3.63) is 71.8 Å². The van der Waals surface area contributed by atoms with Crippen LogP contribution < -0.4 is 0 Å². The molecule has 0 fully saturated rings. The van der Waals surface area contributed by atoms with Crippen molar-refractivity contribution in [3.8, 4) is 11.5 Å². The fraction of sp³-hybridized carbons (Fsp3) is 0.300. The third kappa shape index (κ3) is 2.19. The Labute approximate surface area is 131 Å². The molecule has 0 atom stereocenters. The summed E-state index contributed by atoms with van der Waals surface area (Å²) < 4.78 is 0. The molecule has 0 saturated carbocycles. The van der Waals surface area contributed by atoms with Crippen molar-refractivity contribution in [3.63, 3.8) is 0 Å². The Morgan fingerprint density at radius 3 is 1.64 bits per heavy atom. The molecule has 2 N–H and O–H groups in total. The highest BCUT2D eigenvalue weighted by atomic mass is 16.3. The average molecular weight is 294 g/mol. The molecule has 114 valence electrons. The molecule has 0 heterocycles. The van der Waals surface area contributed by atoms with Crippen molar-refractivity contribution in [2.75, 3.05) is 0 Å². The van der Waals surface area contributed by atoms with E-state index in [9.17, 15) is 10.2 Å². The minimum atomic E-state index is -0.257. The summed E-state index contributed by atoms with van der Waals surface area (Å²) in [7, 11) is 0. The zero-order chi connectivity index (χ0) is 15.8. The van der Waals surface area contributed by atoms with Crippen LogP contribution in [0, 0.1) is 5.41 Å². The second-order valence-electron chi connectivity index (χ2n) is 6.73. The van der Waals surface area contributed by atoms with Crippen molar-refractivity contribution >= 4 is 0 Å². The van der Waals surface area contributed by atoms with Crippen molar-refractivity contribution in [2.24, 2.45) is 5.41 Å². The van der Waals surface area contributed by atoms with Crippen molar-refractivity contribution in [2.45, 2.75) is 32.1 Å². The van der Waals surface area contributed by atoms with Gasteiger partial charge < -0.3 is 10.2 Å². The first-order valence-corrected chi connectivity index (χ1v) is 7.72. The standard InChI is InChI=1S/C20H22O2/c1-19(2)13-3-4-14-20(19,15-5-9-17(21)10-6-15)16-7-11-18(22)12-8-16/h4-12,14,21-22H,3,13H2,1-2H3. The van der Waals surface area contributed by atoms with E-state index in [0.29, 0.717) is 0 Å². The van der Waals surface area contributed by atoms with Gasteiger partial charge in [0.05, 0.1) is 0 Å². The van der Waals surface area contributed by atoms with Gasteiger partial charge in [-0.2, -0.15) is 0 Å². The molecule has 1 aliphatic rings. The number of rotatable bonds is 2. The maximum atomic E-state index is 9.62. The number of phenols is 2. The number of aromatic hydroxyl groups is 2. The van der Waals surface area contributed by atoms with Gasteiger partial charge in [0.2, 0.25) is 0 Å². The van der Waals surface area contributed by atoms with Crippen LogP contribution in [0.25, 0.3) is 0 Å². The molecule has 2 aromatic rings. The van der Waals surface area contributed by atoms with Gasteiger partial charge in [-0.25, -0.2) is 0 Å². The molecule has 0 aromatic heterocycles. The summed E-state index contributed by atoms with van der Waals surface area (Å²) in [6.07, 6.45) is 6.69. The van der Waals surface area contributed by atoms with E-state index in [4.69, 9.17) is 0 Å². The van der Waals surface area contributed by atoms with Gasteiger partial charge >= 0.3 is 0 Å². The van der Waals surface area contributed by atoms with Gasteiger partial charge in [-0.15, -0.1) is 0 Å². The highest BCUT2D eigenvalue weighted by Crippen LogP contribution is 2.53. The van der Waals surface area contributed by atoms with Crippen LogP contribution in [0.15, 0.2) is 60.7 Å². The van der Waals surface area contributed by atoms with Crippen LogP contribution in [0.5, 0.6) is 11.5 Å². The second kappa shape index (κ2) is 5.20. The van der Waals surface area contributed by atoms with Crippen LogP contribution in [-0.4, -0.2) is 10.2 Å². The van der Waals surface area contributed by atoms with E-state index >= 15 is 0 Å². The molecule has 0 spiro atoms. The van der Waals surface area contributed by atoms with Gasteiger partial charge in [0.15, 0.2) is 0 Å². The Balaban J connectivity index is 2.26. The molecule has 0 radical (unpaired) electrons. The molecule has 0 bridgehead atoms. The second-order valence-corrected chi connectivity index (χ2v) is 6.73. The number of hydrogen-bond acceptors (Lipinski definition) is 2. The summed E-state index contributed by atoms with van der Waals surface area (Å²) in [4.78, 5) is 0. The summed E-state index contributed by atoms with van der Waals surface area (Å²) >= 11 is 0. The monoisotopic (exact) mass is 294 g/mol. The number of allylic oxidation sites excluding steroid dienone is 2. The molecule has 2 nitrogen and oxygen atoms in total. The van der Waals surface area contributed by atoms with Gasteiger partial charge in [0, 0.05) is 5.41 Å². The molecule has 2 heteroatoms. The highest BCUT2D eigenvalue weighted by Gasteiger charge is 2.46. The van der Waals surface area contributed by atoms with Crippen molar-refractivity contribution in [1.82, 2.24) is 0 Å². The fourth-order valence-corrected chi connectivity index (χ4v) is 3.72. The number of benzene rings is 2. The van der Waals surface area contributed by atoms with E-state index in [-0.39, 0.29) is 22.3 Å². The summed E-state index contributed by atoms with van der Waals surface area (Å²) in [6, 6.07) is 15.0. The molecule has 1 aliphatic carbocycles. The smallest absolute Gasteiger partial charge is 0.115 e. The molecule has 3 rings (SSSR count). The molecular formula is C20H22O2. The van der Waals surface area contributed by atoms with Gasteiger partial charge in [-0.3, -0.25) is 0 Å². The maximum Gasteiger partial charge on any atom is 0.115 e. The third-order valence-corrected chi connectivity index (χ3v) is 5.02. The molecule has 22 heavy (non-hydrogen) atoms. The van der Waals surface area contributed by atoms with Crippen LogP contribution in [0.3, 0.4) is 0 Å². The lowest BCUT2D eigenvalue weighted by molar-refractivity contribution is 0.217. The first kappa shape index (κ1) is 14.7. The van der Waals surface area contributed by atoms with E-state index in [2.05, 4.69) is 26.0 Å². The Morgan fingerprint density at radius 2 is 1.23 bits per heavy atom. The lowest BCUT2D eigenvalue weighted by Crippen LogP contribution is -2.43. The topological polar surface area (TPSA) is 40.5 Å². The average Bonchev–Trinajstić information content (AvgIpc) is 2.49. The lowest BCUT2D eigenvalue weighted by atomic mass is 9.55. The molecular weight excluding hydrogens is 272 g/mol. The summed E-state index contributed by atoms with van der Waals surface area (Å²) in [5.74, 6) is 0.560. The molecule has 0 aliphatic heterocycles. The molecule has 0 amide bonds. The van der Waals surface area contributed by atoms with Crippen LogP contribution >= 0.6 is 0 Å². The van der Waals surface area contributed by atoms with Crippen LogP contribution in [-0.2, 0) is 5.41 Å². The van der Waals surface area contributed by atoms with Gasteiger partial charge in [-0.05, 0) is 53.6 Å². The number of hydrogen-bond donors (Lipinski definition) is 2. The summed E-state index contributed by atoms with van der Waals surface area (Å²) in [6.45, 7) is 4.58. The molecule has 0 saturated heterocycles. The minimum absolute atomic E-state index is 0.0374.